The zero-order valence-electron chi connectivity index (χ0n) is 12.2. The predicted molar refractivity (Wildman–Crippen MR) is 97.5 cm³/mol. The highest BCUT2D eigenvalue weighted by Crippen LogP contribution is 2.26. The minimum absolute atomic E-state index is 0.0354. The van der Waals surface area contributed by atoms with E-state index in [9.17, 15) is 14.9 Å². The molecule has 3 aromatic rings. The van der Waals surface area contributed by atoms with Gasteiger partial charge in [-0.2, -0.15) is 0 Å². The lowest BCUT2D eigenvalue weighted by atomic mass is 10.2. The van der Waals surface area contributed by atoms with Crippen LogP contribution in [0.3, 0.4) is 0 Å². The molecular formula is C14H8ClN5O3S2. The van der Waals surface area contributed by atoms with Gasteiger partial charge in [0.1, 0.15) is 0 Å². The SMILES string of the molecule is O=C(Nc1nnc(N=Cc2ccc([N+](=O)[O-])s2)s1)c1cccc(Cl)c1. The van der Waals surface area contributed by atoms with Gasteiger partial charge in [-0.3, -0.25) is 20.2 Å². The molecule has 1 amide bonds. The van der Waals surface area contributed by atoms with Crippen LogP contribution in [0.15, 0.2) is 41.4 Å². The van der Waals surface area contributed by atoms with Gasteiger partial charge in [-0.05, 0) is 24.3 Å². The standard InChI is InChI=1S/C14H8ClN5O3S2/c15-9-3-1-2-8(6-9)12(21)17-14-19-18-13(25-14)16-7-10-4-5-11(24-10)20(22)23/h1-7H,(H,17,19,21). The monoisotopic (exact) mass is 393 g/mol. The number of carbonyl (C=O) groups is 1. The third-order valence-corrected chi connectivity index (χ3v) is 4.77. The number of nitro groups is 1. The predicted octanol–water partition coefficient (Wildman–Crippen LogP) is 4.16. The van der Waals surface area contributed by atoms with E-state index >= 15 is 0 Å². The first kappa shape index (κ1) is 17.1. The van der Waals surface area contributed by atoms with Crippen LogP contribution in [0.4, 0.5) is 15.3 Å². The van der Waals surface area contributed by atoms with Crippen molar-refractivity contribution in [3.05, 3.63) is 62.0 Å². The largest absolute Gasteiger partial charge is 0.324 e. The Hall–Kier alpha value is -2.69. The molecule has 11 heteroatoms. The Morgan fingerprint density at radius 1 is 1.28 bits per heavy atom. The molecule has 0 fully saturated rings. The lowest BCUT2D eigenvalue weighted by Gasteiger charge is -2.00. The molecular weight excluding hydrogens is 386 g/mol. The fourth-order valence-corrected chi connectivity index (χ4v) is 3.22. The van der Waals surface area contributed by atoms with Gasteiger partial charge in [0, 0.05) is 22.9 Å². The van der Waals surface area contributed by atoms with Crippen molar-refractivity contribution in [2.24, 2.45) is 4.99 Å². The second-order valence-corrected chi connectivity index (χ2v) is 7.03. The molecule has 25 heavy (non-hydrogen) atoms. The van der Waals surface area contributed by atoms with Gasteiger partial charge in [0.25, 0.3) is 5.91 Å². The first-order valence-electron chi connectivity index (χ1n) is 6.70. The average Bonchev–Trinajstić information content (AvgIpc) is 3.22. The quantitative estimate of drug-likeness (QED) is 0.397. The Balaban J connectivity index is 1.66. The molecule has 0 saturated heterocycles. The molecule has 126 valence electrons. The summed E-state index contributed by atoms with van der Waals surface area (Å²) in [4.78, 5) is 27.0. The molecule has 0 aliphatic rings. The minimum Gasteiger partial charge on any atom is -0.296 e. The summed E-state index contributed by atoms with van der Waals surface area (Å²) in [5, 5.41) is 22.0. The van der Waals surface area contributed by atoms with Gasteiger partial charge in [0.05, 0.1) is 9.80 Å². The zero-order valence-corrected chi connectivity index (χ0v) is 14.6. The van der Waals surface area contributed by atoms with Gasteiger partial charge < -0.3 is 0 Å². The van der Waals surface area contributed by atoms with Gasteiger partial charge >= 0.3 is 5.00 Å². The van der Waals surface area contributed by atoms with Crippen LogP contribution in [0, 0.1) is 10.1 Å². The van der Waals surface area contributed by atoms with Crippen LogP contribution in [-0.2, 0) is 0 Å². The number of thiophene rings is 1. The molecule has 3 rings (SSSR count). The van der Waals surface area contributed by atoms with E-state index in [-0.39, 0.29) is 16.0 Å². The first-order chi connectivity index (χ1) is 12.0. The fourth-order valence-electron chi connectivity index (χ4n) is 1.75. The summed E-state index contributed by atoms with van der Waals surface area (Å²) in [6.45, 7) is 0. The summed E-state index contributed by atoms with van der Waals surface area (Å²) in [5.41, 5.74) is 0.402. The summed E-state index contributed by atoms with van der Waals surface area (Å²) < 4.78 is 0. The van der Waals surface area contributed by atoms with E-state index < -0.39 is 4.92 Å². The normalized spacial score (nSPS) is 10.9. The van der Waals surface area contributed by atoms with Crippen molar-refractivity contribution in [3.8, 4) is 0 Å². The summed E-state index contributed by atoms with van der Waals surface area (Å²) >= 11 is 7.93. The van der Waals surface area contributed by atoms with E-state index in [4.69, 9.17) is 11.6 Å². The number of nitrogens with zero attached hydrogens (tertiary/aromatic N) is 4. The molecule has 8 nitrogen and oxygen atoms in total. The minimum atomic E-state index is -0.462. The van der Waals surface area contributed by atoms with Crippen LogP contribution in [0.25, 0.3) is 0 Å². The highest BCUT2D eigenvalue weighted by molar-refractivity contribution is 7.19. The Morgan fingerprint density at radius 2 is 2.12 bits per heavy atom. The van der Waals surface area contributed by atoms with Crippen LogP contribution < -0.4 is 5.32 Å². The number of benzene rings is 1. The number of rotatable bonds is 5. The molecule has 2 heterocycles. The maximum Gasteiger partial charge on any atom is 0.324 e. The van der Waals surface area contributed by atoms with Gasteiger partial charge in [-0.15, -0.1) is 10.2 Å². The second kappa shape index (κ2) is 7.47. The van der Waals surface area contributed by atoms with Crippen molar-refractivity contribution >= 4 is 61.7 Å². The molecule has 1 aromatic carbocycles. The van der Waals surface area contributed by atoms with E-state index in [0.29, 0.717) is 20.6 Å². The lowest BCUT2D eigenvalue weighted by Crippen LogP contribution is -2.11. The Kier molecular flexibility index (Phi) is 5.12. The molecule has 0 atom stereocenters. The van der Waals surface area contributed by atoms with Crippen molar-refractivity contribution in [2.75, 3.05) is 5.32 Å². The zero-order chi connectivity index (χ0) is 17.8. The first-order valence-corrected chi connectivity index (χ1v) is 8.71. The number of amides is 1. The summed E-state index contributed by atoms with van der Waals surface area (Å²) in [6, 6.07) is 9.52. The number of anilines is 1. The maximum atomic E-state index is 12.1. The van der Waals surface area contributed by atoms with E-state index in [1.807, 2.05) is 0 Å². The van der Waals surface area contributed by atoms with Crippen LogP contribution in [0.1, 0.15) is 15.2 Å². The molecule has 1 N–H and O–H groups in total. The van der Waals surface area contributed by atoms with Crippen molar-refractivity contribution in [1.82, 2.24) is 10.2 Å². The van der Waals surface area contributed by atoms with Gasteiger partial charge in [-0.1, -0.05) is 40.3 Å². The van der Waals surface area contributed by atoms with E-state index in [2.05, 4.69) is 20.5 Å². The van der Waals surface area contributed by atoms with E-state index in [1.54, 1.807) is 30.3 Å². The third-order valence-electron chi connectivity index (χ3n) is 2.82. The molecule has 2 aromatic heterocycles. The number of hydrogen-bond donors (Lipinski definition) is 1. The highest BCUT2D eigenvalue weighted by atomic mass is 35.5. The number of carbonyl (C=O) groups excluding carboxylic acids is 1. The molecule has 0 bridgehead atoms. The Labute approximate surface area is 154 Å². The van der Waals surface area contributed by atoms with E-state index in [0.717, 1.165) is 22.7 Å². The van der Waals surface area contributed by atoms with Crippen LogP contribution in [0.2, 0.25) is 5.02 Å². The van der Waals surface area contributed by atoms with E-state index in [1.165, 1.54) is 12.3 Å². The Bertz CT molecular complexity index is 969. The van der Waals surface area contributed by atoms with Gasteiger partial charge in [0.15, 0.2) is 0 Å². The van der Waals surface area contributed by atoms with Crippen molar-refractivity contribution in [3.63, 3.8) is 0 Å². The Morgan fingerprint density at radius 3 is 2.84 bits per heavy atom. The van der Waals surface area contributed by atoms with Gasteiger partial charge in [0.2, 0.25) is 10.3 Å². The number of aliphatic imine (C=N–C) groups is 1. The fraction of sp³-hybridized carbons (Fsp3) is 0. The molecule has 0 spiro atoms. The number of nitrogens with one attached hydrogen (secondary N) is 1. The summed E-state index contributed by atoms with van der Waals surface area (Å²) in [6.07, 6.45) is 1.46. The average molecular weight is 394 g/mol. The van der Waals surface area contributed by atoms with Gasteiger partial charge in [-0.25, -0.2) is 4.99 Å². The molecule has 0 aliphatic carbocycles. The van der Waals surface area contributed by atoms with Crippen molar-refractivity contribution in [1.29, 1.82) is 0 Å². The molecule has 0 radical (unpaired) electrons. The van der Waals surface area contributed by atoms with Crippen LogP contribution >= 0.6 is 34.3 Å². The maximum absolute atomic E-state index is 12.1. The van der Waals surface area contributed by atoms with Crippen LogP contribution in [0.5, 0.6) is 0 Å². The van der Waals surface area contributed by atoms with Crippen molar-refractivity contribution < 1.29 is 9.72 Å². The molecule has 0 saturated carbocycles. The molecule has 0 unspecified atom stereocenters. The summed E-state index contributed by atoms with van der Waals surface area (Å²) in [5.74, 6) is -0.358. The number of aromatic nitrogens is 2. The smallest absolute Gasteiger partial charge is 0.296 e. The summed E-state index contributed by atoms with van der Waals surface area (Å²) in [7, 11) is 0. The topological polar surface area (TPSA) is 110 Å². The second-order valence-electron chi connectivity index (χ2n) is 4.55. The van der Waals surface area contributed by atoms with Crippen molar-refractivity contribution in [2.45, 2.75) is 0 Å². The number of hydrogen-bond acceptors (Lipinski definition) is 8. The molecule has 0 aliphatic heterocycles. The number of halogens is 1. The lowest BCUT2D eigenvalue weighted by molar-refractivity contribution is -0.380. The highest BCUT2D eigenvalue weighted by Gasteiger charge is 2.11. The van der Waals surface area contributed by atoms with Crippen LogP contribution in [-0.4, -0.2) is 27.2 Å². The third kappa shape index (κ3) is 4.44.